The van der Waals surface area contributed by atoms with E-state index in [9.17, 15) is 9.59 Å². The molecule has 208 valence electrons. The predicted octanol–water partition coefficient (Wildman–Crippen LogP) is 5.41. The lowest BCUT2D eigenvalue weighted by molar-refractivity contribution is -0.121. The van der Waals surface area contributed by atoms with Gasteiger partial charge in [-0.15, -0.1) is 0 Å². The van der Waals surface area contributed by atoms with Gasteiger partial charge in [0.05, 0.1) is 36.5 Å². The Morgan fingerprint density at radius 1 is 1.05 bits per heavy atom. The van der Waals surface area contributed by atoms with E-state index in [0.29, 0.717) is 41.8 Å². The largest absolute Gasteiger partial charge is 0.467 e. The van der Waals surface area contributed by atoms with Crippen molar-refractivity contribution in [2.75, 3.05) is 18.4 Å². The number of carbonyl (C=O) groups is 2. The Labute approximate surface area is 234 Å². The van der Waals surface area contributed by atoms with Crippen molar-refractivity contribution in [1.82, 2.24) is 20.4 Å². The van der Waals surface area contributed by atoms with Gasteiger partial charge in [0, 0.05) is 12.1 Å². The highest BCUT2D eigenvalue weighted by Gasteiger charge is 2.28. The van der Waals surface area contributed by atoms with Crippen LogP contribution in [0.5, 0.6) is 0 Å². The van der Waals surface area contributed by atoms with Gasteiger partial charge in [0.1, 0.15) is 5.76 Å². The predicted molar refractivity (Wildman–Crippen MR) is 151 cm³/mol. The van der Waals surface area contributed by atoms with Gasteiger partial charge in [0.25, 0.3) is 5.91 Å². The number of carbonyl (C=O) groups excluding carboxylic acids is 2. The van der Waals surface area contributed by atoms with Crippen LogP contribution >= 0.6 is 0 Å². The highest BCUT2D eigenvalue weighted by molar-refractivity contribution is 6.04. The summed E-state index contributed by atoms with van der Waals surface area (Å²) >= 11 is 0. The standard InChI is InChI=1S/C31H35N5O4/c1-31(2,3)23-14-12-21(13-15-23)28-34-27(40-35-28)20-36-16-6-8-22(19-36)29(37)33-26-11-5-4-10-25(26)30(38)32-18-24-9-7-17-39-24/h4-5,7,9-15,17,22H,6,8,16,18-20H2,1-3H3,(H,32,38)(H,33,37). The van der Waals surface area contributed by atoms with Crippen LogP contribution in [0.15, 0.2) is 75.9 Å². The number of amides is 2. The van der Waals surface area contributed by atoms with Crippen LogP contribution in [0.25, 0.3) is 11.4 Å². The molecule has 1 aliphatic rings. The smallest absolute Gasteiger partial charge is 0.253 e. The van der Waals surface area contributed by atoms with Gasteiger partial charge in [0.15, 0.2) is 0 Å². The molecular formula is C31H35N5O4. The first-order valence-electron chi connectivity index (χ1n) is 13.6. The molecule has 1 unspecified atom stereocenters. The van der Waals surface area contributed by atoms with Crippen molar-refractivity contribution in [3.05, 3.63) is 89.7 Å². The molecule has 1 atom stereocenters. The third-order valence-corrected chi connectivity index (χ3v) is 7.15. The molecule has 2 aromatic carbocycles. The molecule has 2 aromatic heterocycles. The maximum absolute atomic E-state index is 13.2. The van der Waals surface area contributed by atoms with Gasteiger partial charge >= 0.3 is 0 Å². The highest BCUT2D eigenvalue weighted by atomic mass is 16.5. The van der Waals surface area contributed by atoms with Crippen molar-refractivity contribution in [1.29, 1.82) is 0 Å². The number of para-hydroxylation sites is 1. The molecule has 4 aromatic rings. The van der Waals surface area contributed by atoms with Gasteiger partial charge < -0.3 is 19.6 Å². The van der Waals surface area contributed by atoms with E-state index in [1.807, 2.05) is 12.1 Å². The topological polar surface area (TPSA) is 114 Å². The summed E-state index contributed by atoms with van der Waals surface area (Å²) in [6.07, 6.45) is 3.20. The van der Waals surface area contributed by atoms with E-state index < -0.39 is 0 Å². The Morgan fingerprint density at radius 3 is 2.60 bits per heavy atom. The molecule has 40 heavy (non-hydrogen) atoms. The number of hydrogen-bond donors (Lipinski definition) is 2. The molecule has 0 aliphatic carbocycles. The normalized spacial score (nSPS) is 16.0. The molecule has 1 aliphatic heterocycles. The third kappa shape index (κ3) is 6.66. The second kappa shape index (κ2) is 11.9. The first-order valence-corrected chi connectivity index (χ1v) is 13.6. The minimum atomic E-state index is -0.280. The monoisotopic (exact) mass is 541 g/mol. The Kier molecular flexibility index (Phi) is 8.11. The molecule has 0 saturated carbocycles. The lowest BCUT2D eigenvalue weighted by Gasteiger charge is -2.31. The van der Waals surface area contributed by atoms with Gasteiger partial charge in [-0.25, -0.2) is 0 Å². The molecule has 1 saturated heterocycles. The van der Waals surface area contributed by atoms with E-state index in [1.54, 1.807) is 42.7 Å². The van der Waals surface area contributed by atoms with Crippen molar-refractivity contribution in [3.63, 3.8) is 0 Å². The number of anilines is 1. The van der Waals surface area contributed by atoms with Crippen molar-refractivity contribution in [2.24, 2.45) is 5.92 Å². The Morgan fingerprint density at radius 2 is 1.85 bits per heavy atom. The molecule has 0 bridgehead atoms. The van der Waals surface area contributed by atoms with Crippen molar-refractivity contribution in [2.45, 2.75) is 52.1 Å². The number of piperidine rings is 1. The summed E-state index contributed by atoms with van der Waals surface area (Å²) in [4.78, 5) is 32.8. The number of likely N-dealkylation sites (tertiary alicyclic amines) is 1. The number of benzene rings is 2. The zero-order valence-corrected chi connectivity index (χ0v) is 23.1. The zero-order chi connectivity index (χ0) is 28.1. The minimum absolute atomic E-state index is 0.0763. The number of aromatic nitrogens is 2. The van der Waals surface area contributed by atoms with Crippen LogP contribution in [0, 0.1) is 5.92 Å². The van der Waals surface area contributed by atoms with E-state index in [2.05, 4.69) is 58.6 Å². The van der Waals surface area contributed by atoms with E-state index in [-0.39, 0.29) is 29.7 Å². The molecule has 0 spiro atoms. The van der Waals surface area contributed by atoms with Crippen LogP contribution < -0.4 is 10.6 Å². The third-order valence-electron chi connectivity index (χ3n) is 7.15. The maximum atomic E-state index is 13.2. The number of nitrogens with zero attached hydrogens (tertiary/aromatic N) is 3. The summed E-state index contributed by atoms with van der Waals surface area (Å²) in [5.74, 6) is 1.13. The SMILES string of the molecule is CC(C)(C)c1ccc(-c2noc(CN3CCCC(C(=O)Nc4ccccc4C(=O)NCc4ccco4)C3)n2)cc1. The maximum Gasteiger partial charge on any atom is 0.253 e. The molecule has 2 amide bonds. The van der Waals surface area contributed by atoms with E-state index >= 15 is 0 Å². The van der Waals surface area contributed by atoms with Gasteiger partial charge in [-0.3, -0.25) is 14.5 Å². The summed E-state index contributed by atoms with van der Waals surface area (Å²) in [6, 6.07) is 18.8. The summed E-state index contributed by atoms with van der Waals surface area (Å²) < 4.78 is 10.8. The first kappa shape index (κ1) is 27.3. The van der Waals surface area contributed by atoms with Gasteiger partial charge in [-0.1, -0.05) is 62.3 Å². The highest BCUT2D eigenvalue weighted by Crippen LogP contribution is 2.26. The average Bonchev–Trinajstić information content (AvgIpc) is 3.64. The Hall–Kier alpha value is -4.24. The van der Waals surface area contributed by atoms with Crippen molar-refractivity contribution in [3.8, 4) is 11.4 Å². The quantitative estimate of drug-likeness (QED) is 0.307. The van der Waals surface area contributed by atoms with E-state index in [1.165, 1.54) is 5.56 Å². The second-order valence-electron chi connectivity index (χ2n) is 11.2. The average molecular weight is 542 g/mol. The fourth-order valence-electron chi connectivity index (χ4n) is 4.86. The van der Waals surface area contributed by atoms with Crippen molar-refractivity contribution < 1.29 is 18.5 Å². The number of hydrogen-bond acceptors (Lipinski definition) is 7. The van der Waals surface area contributed by atoms with Crippen LogP contribution in [-0.2, 0) is 23.3 Å². The summed E-state index contributed by atoms with van der Waals surface area (Å²) in [7, 11) is 0. The van der Waals surface area contributed by atoms with E-state index in [0.717, 1.165) is 24.9 Å². The van der Waals surface area contributed by atoms with Crippen LogP contribution in [0.2, 0.25) is 0 Å². The molecule has 2 N–H and O–H groups in total. The van der Waals surface area contributed by atoms with Crippen LogP contribution in [-0.4, -0.2) is 39.9 Å². The van der Waals surface area contributed by atoms with Gasteiger partial charge in [-0.05, 0) is 54.6 Å². The molecule has 0 radical (unpaired) electrons. The van der Waals surface area contributed by atoms with Crippen molar-refractivity contribution >= 4 is 17.5 Å². The lowest BCUT2D eigenvalue weighted by atomic mass is 9.87. The minimum Gasteiger partial charge on any atom is -0.467 e. The van der Waals surface area contributed by atoms with Gasteiger partial charge in [0.2, 0.25) is 17.6 Å². The number of rotatable bonds is 8. The Balaban J connectivity index is 1.18. The first-order chi connectivity index (χ1) is 19.3. The number of furan rings is 1. The molecule has 9 heteroatoms. The number of nitrogens with one attached hydrogen (secondary N) is 2. The fourth-order valence-corrected chi connectivity index (χ4v) is 4.86. The lowest BCUT2D eigenvalue weighted by Crippen LogP contribution is -2.40. The molecule has 9 nitrogen and oxygen atoms in total. The van der Waals surface area contributed by atoms with E-state index in [4.69, 9.17) is 8.94 Å². The van der Waals surface area contributed by atoms with Crippen LogP contribution in [0.1, 0.15) is 61.2 Å². The fraction of sp³-hybridized carbons (Fsp3) is 0.355. The van der Waals surface area contributed by atoms with Gasteiger partial charge in [-0.2, -0.15) is 4.98 Å². The van der Waals surface area contributed by atoms with Crippen LogP contribution in [0.3, 0.4) is 0 Å². The molecule has 5 rings (SSSR count). The van der Waals surface area contributed by atoms with Crippen LogP contribution in [0.4, 0.5) is 5.69 Å². The zero-order valence-electron chi connectivity index (χ0n) is 23.1. The summed E-state index contributed by atoms with van der Waals surface area (Å²) in [5, 5.41) is 9.99. The summed E-state index contributed by atoms with van der Waals surface area (Å²) in [5.41, 5.74) is 3.12. The second-order valence-corrected chi connectivity index (χ2v) is 11.2. The molecule has 3 heterocycles. The molecular weight excluding hydrogens is 506 g/mol. The summed E-state index contributed by atoms with van der Waals surface area (Å²) in [6.45, 7) is 8.69. The molecule has 1 fully saturated rings. The Bertz CT molecular complexity index is 1440.